The molecule has 6 N–H and O–H groups in total. The minimum absolute atomic E-state index is 0.647. The highest BCUT2D eigenvalue weighted by molar-refractivity contribution is 5.04. The Kier molecular flexibility index (Phi) is 3.82. The number of aliphatic hydroxyl groups is 4. The second-order valence-electron chi connectivity index (χ2n) is 3.59. The number of hydrogen-bond acceptors (Lipinski definition) is 6. The highest BCUT2D eigenvalue weighted by Crippen LogP contribution is 2.20. The van der Waals surface area contributed by atoms with E-state index < -0.39 is 36.5 Å². The van der Waals surface area contributed by atoms with Crippen molar-refractivity contribution in [3.63, 3.8) is 0 Å². The van der Waals surface area contributed by atoms with Gasteiger partial charge in [0.25, 0.3) is 0 Å². The Morgan fingerprint density at radius 1 is 0.643 bits per heavy atom. The summed E-state index contributed by atoms with van der Waals surface area (Å²) in [7, 11) is 3.16. The third-order valence-corrected chi connectivity index (χ3v) is 2.84. The van der Waals surface area contributed by atoms with Gasteiger partial charge in [-0.2, -0.15) is 0 Å². The first-order chi connectivity index (χ1) is 6.54. The van der Waals surface area contributed by atoms with Gasteiger partial charge < -0.3 is 31.1 Å². The highest BCUT2D eigenvalue weighted by Gasteiger charge is 2.47. The van der Waals surface area contributed by atoms with Crippen LogP contribution in [0.15, 0.2) is 0 Å². The van der Waals surface area contributed by atoms with E-state index in [0.717, 1.165) is 0 Å². The maximum Gasteiger partial charge on any atom is 0.109 e. The molecule has 4 unspecified atom stereocenters. The molecule has 0 amide bonds. The largest absolute Gasteiger partial charge is 0.390 e. The maximum atomic E-state index is 9.73. The van der Waals surface area contributed by atoms with Crippen LogP contribution < -0.4 is 10.6 Å². The van der Waals surface area contributed by atoms with E-state index in [1.807, 2.05) is 0 Å². The number of rotatable bonds is 2. The molecule has 6 heteroatoms. The van der Waals surface area contributed by atoms with Crippen molar-refractivity contribution in [3.05, 3.63) is 0 Å². The minimum Gasteiger partial charge on any atom is -0.390 e. The Balaban J connectivity index is 2.82. The first kappa shape index (κ1) is 11.8. The average Bonchev–Trinajstić information content (AvgIpc) is 2.16. The molecule has 4 atom stereocenters. The van der Waals surface area contributed by atoms with Crippen LogP contribution in [0.2, 0.25) is 0 Å². The van der Waals surface area contributed by atoms with Crippen molar-refractivity contribution in [3.8, 4) is 0 Å². The Labute approximate surface area is 82.6 Å². The lowest BCUT2D eigenvalue weighted by Gasteiger charge is -2.43. The van der Waals surface area contributed by atoms with E-state index in [4.69, 9.17) is 0 Å². The molecule has 1 saturated carbocycles. The summed E-state index contributed by atoms with van der Waals surface area (Å²) in [6.07, 6.45) is -4.55. The molecule has 0 aromatic carbocycles. The van der Waals surface area contributed by atoms with Crippen molar-refractivity contribution in [2.24, 2.45) is 0 Å². The van der Waals surface area contributed by atoms with Gasteiger partial charge in [0.2, 0.25) is 0 Å². The molecule has 84 valence electrons. The fourth-order valence-electron chi connectivity index (χ4n) is 1.94. The molecule has 1 fully saturated rings. The van der Waals surface area contributed by atoms with Crippen LogP contribution in [0.25, 0.3) is 0 Å². The lowest BCUT2D eigenvalue weighted by molar-refractivity contribution is -0.148. The predicted octanol–water partition coefficient (Wildman–Crippen LogP) is -3.38. The van der Waals surface area contributed by atoms with Crippen LogP contribution in [-0.2, 0) is 0 Å². The zero-order valence-electron chi connectivity index (χ0n) is 8.25. The molecule has 0 radical (unpaired) electrons. The van der Waals surface area contributed by atoms with Crippen molar-refractivity contribution in [2.45, 2.75) is 36.5 Å². The Morgan fingerprint density at radius 2 is 1.00 bits per heavy atom. The van der Waals surface area contributed by atoms with Crippen LogP contribution in [0.4, 0.5) is 0 Å². The predicted molar refractivity (Wildman–Crippen MR) is 49.7 cm³/mol. The van der Waals surface area contributed by atoms with E-state index in [2.05, 4.69) is 10.6 Å². The summed E-state index contributed by atoms with van der Waals surface area (Å²) < 4.78 is 0. The van der Waals surface area contributed by atoms with Gasteiger partial charge in [-0.25, -0.2) is 0 Å². The van der Waals surface area contributed by atoms with Gasteiger partial charge in [-0.05, 0) is 14.1 Å². The monoisotopic (exact) mass is 206 g/mol. The van der Waals surface area contributed by atoms with Crippen LogP contribution in [0.3, 0.4) is 0 Å². The molecule has 1 rings (SSSR count). The van der Waals surface area contributed by atoms with E-state index in [0.29, 0.717) is 0 Å². The summed E-state index contributed by atoms with van der Waals surface area (Å²) in [6, 6.07) is -1.29. The van der Waals surface area contributed by atoms with Gasteiger partial charge in [-0.1, -0.05) is 0 Å². The van der Waals surface area contributed by atoms with Gasteiger partial charge in [0.15, 0.2) is 0 Å². The molecule has 0 aromatic rings. The molecule has 0 heterocycles. The van der Waals surface area contributed by atoms with Gasteiger partial charge in [-0.15, -0.1) is 0 Å². The lowest BCUT2D eigenvalue weighted by Crippen LogP contribution is -2.70. The zero-order valence-corrected chi connectivity index (χ0v) is 8.25. The molecule has 0 aromatic heterocycles. The molecule has 6 nitrogen and oxygen atoms in total. The number of hydrogen-bond donors (Lipinski definition) is 6. The Bertz CT molecular complexity index is 174. The Morgan fingerprint density at radius 3 is 1.29 bits per heavy atom. The summed E-state index contributed by atoms with van der Waals surface area (Å²) in [5, 5.41) is 43.7. The van der Waals surface area contributed by atoms with Crippen molar-refractivity contribution >= 4 is 0 Å². The molecule has 0 saturated heterocycles. The van der Waals surface area contributed by atoms with Crippen molar-refractivity contribution < 1.29 is 20.4 Å². The number of likely N-dealkylation sites (N-methyl/N-ethyl adjacent to an activating group) is 2. The smallest absolute Gasteiger partial charge is 0.109 e. The van der Waals surface area contributed by atoms with Crippen LogP contribution in [0, 0.1) is 0 Å². The number of aliphatic hydroxyl groups excluding tert-OH is 4. The minimum atomic E-state index is -1.26. The molecule has 0 aliphatic heterocycles. The molecular weight excluding hydrogens is 188 g/mol. The first-order valence-electron chi connectivity index (χ1n) is 4.61. The second-order valence-corrected chi connectivity index (χ2v) is 3.59. The summed E-state index contributed by atoms with van der Waals surface area (Å²) in [6.45, 7) is 0. The van der Waals surface area contributed by atoms with Gasteiger partial charge >= 0.3 is 0 Å². The maximum absolute atomic E-state index is 9.73. The molecule has 1 aliphatic rings. The van der Waals surface area contributed by atoms with E-state index in [1.165, 1.54) is 0 Å². The Hall–Kier alpha value is -0.240. The highest BCUT2D eigenvalue weighted by atomic mass is 16.4. The van der Waals surface area contributed by atoms with Crippen LogP contribution >= 0.6 is 0 Å². The van der Waals surface area contributed by atoms with Crippen molar-refractivity contribution in [1.82, 2.24) is 10.6 Å². The van der Waals surface area contributed by atoms with Gasteiger partial charge in [0, 0.05) is 0 Å². The van der Waals surface area contributed by atoms with E-state index in [-0.39, 0.29) is 0 Å². The summed E-state index contributed by atoms with van der Waals surface area (Å²) in [5.41, 5.74) is 0. The summed E-state index contributed by atoms with van der Waals surface area (Å²) in [4.78, 5) is 0. The molecule has 1 aliphatic carbocycles. The van der Waals surface area contributed by atoms with Gasteiger partial charge in [0.05, 0.1) is 18.2 Å². The molecule has 14 heavy (non-hydrogen) atoms. The van der Waals surface area contributed by atoms with E-state index >= 15 is 0 Å². The second kappa shape index (κ2) is 4.52. The summed E-state index contributed by atoms with van der Waals surface area (Å²) in [5.74, 6) is 0. The quantitative estimate of drug-likeness (QED) is 0.282. The van der Waals surface area contributed by atoms with Gasteiger partial charge in [0.1, 0.15) is 18.3 Å². The number of nitrogens with one attached hydrogen (secondary N) is 2. The van der Waals surface area contributed by atoms with Gasteiger partial charge in [-0.3, -0.25) is 0 Å². The molecule has 0 bridgehead atoms. The normalized spacial score (nSPS) is 49.3. The zero-order chi connectivity index (χ0) is 10.9. The van der Waals surface area contributed by atoms with Crippen molar-refractivity contribution in [1.29, 1.82) is 0 Å². The molecule has 0 spiro atoms. The van der Waals surface area contributed by atoms with Crippen LogP contribution in [-0.4, -0.2) is 71.0 Å². The lowest BCUT2D eigenvalue weighted by atomic mass is 9.81. The topological polar surface area (TPSA) is 105 Å². The van der Waals surface area contributed by atoms with E-state index in [1.54, 1.807) is 14.1 Å². The van der Waals surface area contributed by atoms with Crippen molar-refractivity contribution in [2.75, 3.05) is 14.1 Å². The van der Waals surface area contributed by atoms with E-state index in [9.17, 15) is 20.4 Å². The SMILES string of the molecule is CNC1C(O)C(O)C(O)C(NC)C1O. The first-order valence-corrected chi connectivity index (χ1v) is 4.61. The summed E-state index contributed by atoms with van der Waals surface area (Å²) >= 11 is 0. The fourth-order valence-corrected chi connectivity index (χ4v) is 1.94. The average molecular weight is 206 g/mol. The third-order valence-electron chi connectivity index (χ3n) is 2.84. The van der Waals surface area contributed by atoms with Crippen LogP contribution in [0.1, 0.15) is 0 Å². The molecular formula is C8H18N2O4. The standard InChI is InChI=1S/C8H18N2O4/c1-9-3-5(11)4(10-2)7(13)8(14)6(3)12/h3-14H,1-2H3. The van der Waals surface area contributed by atoms with Crippen LogP contribution in [0.5, 0.6) is 0 Å². The fraction of sp³-hybridized carbons (Fsp3) is 1.00. The third kappa shape index (κ3) is 1.77.